The number of rotatable bonds is 2. The van der Waals surface area contributed by atoms with Crippen LogP contribution in [0.5, 0.6) is 0 Å². The third kappa shape index (κ3) is 4.06. The standard InChI is InChI=1S/C12H17BrN2.ClH/c1-10-8-15(7-6-14-10)9-11-2-4-12(13)5-3-11;/h2-5,10,14H,6-9H2,1H3;1H. The van der Waals surface area contributed by atoms with Crippen LogP contribution in [0.15, 0.2) is 28.7 Å². The number of nitrogens with one attached hydrogen (secondary N) is 1. The van der Waals surface area contributed by atoms with Crippen molar-refractivity contribution in [3.63, 3.8) is 0 Å². The summed E-state index contributed by atoms with van der Waals surface area (Å²) in [5, 5.41) is 3.46. The zero-order valence-corrected chi connectivity index (χ0v) is 11.9. The Labute approximate surface area is 112 Å². The van der Waals surface area contributed by atoms with E-state index >= 15 is 0 Å². The van der Waals surface area contributed by atoms with Crippen LogP contribution >= 0.6 is 28.3 Å². The highest BCUT2D eigenvalue weighted by atomic mass is 79.9. The second kappa shape index (κ2) is 6.60. The lowest BCUT2D eigenvalue weighted by Gasteiger charge is -2.31. The molecule has 0 amide bonds. The fourth-order valence-corrected chi connectivity index (χ4v) is 2.27. The molecule has 1 atom stereocenters. The zero-order valence-electron chi connectivity index (χ0n) is 9.45. The molecule has 0 bridgehead atoms. The Balaban J connectivity index is 0.00000128. The molecule has 0 saturated carbocycles. The molecule has 1 saturated heterocycles. The van der Waals surface area contributed by atoms with Crippen LogP contribution in [0, 0.1) is 0 Å². The molecule has 1 unspecified atom stereocenters. The Morgan fingerprint density at radius 3 is 2.69 bits per heavy atom. The van der Waals surface area contributed by atoms with E-state index in [0.29, 0.717) is 6.04 Å². The lowest BCUT2D eigenvalue weighted by molar-refractivity contribution is 0.199. The van der Waals surface area contributed by atoms with Crippen molar-refractivity contribution in [3.8, 4) is 0 Å². The molecule has 2 rings (SSSR count). The lowest BCUT2D eigenvalue weighted by Crippen LogP contribution is -2.48. The van der Waals surface area contributed by atoms with Crippen molar-refractivity contribution >= 4 is 28.3 Å². The third-order valence-corrected chi connectivity index (χ3v) is 3.30. The van der Waals surface area contributed by atoms with E-state index in [4.69, 9.17) is 0 Å². The van der Waals surface area contributed by atoms with Crippen LogP contribution in [-0.2, 0) is 6.54 Å². The average molecular weight is 306 g/mol. The first-order valence-corrected chi connectivity index (χ1v) is 6.23. The van der Waals surface area contributed by atoms with E-state index in [0.717, 1.165) is 30.7 Å². The Morgan fingerprint density at radius 2 is 2.06 bits per heavy atom. The van der Waals surface area contributed by atoms with Gasteiger partial charge in [-0.2, -0.15) is 0 Å². The minimum absolute atomic E-state index is 0. The van der Waals surface area contributed by atoms with Crippen LogP contribution in [0.4, 0.5) is 0 Å². The number of hydrogen-bond acceptors (Lipinski definition) is 2. The fraction of sp³-hybridized carbons (Fsp3) is 0.500. The quantitative estimate of drug-likeness (QED) is 0.904. The second-order valence-electron chi connectivity index (χ2n) is 4.22. The maximum atomic E-state index is 3.46. The fourth-order valence-electron chi connectivity index (χ4n) is 2.00. The van der Waals surface area contributed by atoms with Crippen molar-refractivity contribution in [1.82, 2.24) is 10.2 Å². The largest absolute Gasteiger partial charge is 0.312 e. The average Bonchev–Trinajstić information content (AvgIpc) is 2.22. The van der Waals surface area contributed by atoms with Crippen molar-refractivity contribution < 1.29 is 0 Å². The summed E-state index contributed by atoms with van der Waals surface area (Å²) in [5.74, 6) is 0. The minimum atomic E-state index is 0. The van der Waals surface area contributed by atoms with E-state index in [9.17, 15) is 0 Å². The Kier molecular flexibility index (Phi) is 5.76. The minimum Gasteiger partial charge on any atom is -0.312 e. The van der Waals surface area contributed by atoms with Gasteiger partial charge in [0, 0.05) is 36.7 Å². The monoisotopic (exact) mass is 304 g/mol. The first-order valence-electron chi connectivity index (χ1n) is 5.44. The van der Waals surface area contributed by atoms with Crippen molar-refractivity contribution in [2.24, 2.45) is 0 Å². The van der Waals surface area contributed by atoms with Crippen LogP contribution in [0.3, 0.4) is 0 Å². The smallest absolute Gasteiger partial charge is 0.0234 e. The van der Waals surface area contributed by atoms with E-state index < -0.39 is 0 Å². The van der Waals surface area contributed by atoms with Gasteiger partial charge in [0.1, 0.15) is 0 Å². The molecule has 1 aromatic rings. The van der Waals surface area contributed by atoms with E-state index in [2.05, 4.69) is 57.3 Å². The number of benzene rings is 1. The Morgan fingerprint density at radius 1 is 1.38 bits per heavy atom. The van der Waals surface area contributed by atoms with Crippen LogP contribution < -0.4 is 5.32 Å². The molecule has 2 nitrogen and oxygen atoms in total. The number of hydrogen-bond donors (Lipinski definition) is 1. The molecule has 16 heavy (non-hydrogen) atoms. The molecule has 1 aliphatic heterocycles. The summed E-state index contributed by atoms with van der Waals surface area (Å²) in [6.45, 7) is 6.72. The second-order valence-corrected chi connectivity index (χ2v) is 5.13. The molecule has 1 heterocycles. The third-order valence-electron chi connectivity index (χ3n) is 2.77. The predicted molar refractivity (Wildman–Crippen MR) is 74.1 cm³/mol. The van der Waals surface area contributed by atoms with Gasteiger partial charge in [0.15, 0.2) is 0 Å². The van der Waals surface area contributed by atoms with E-state index in [1.165, 1.54) is 5.56 Å². The topological polar surface area (TPSA) is 15.3 Å². The van der Waals surface area contributed by atoms with Gasteiger partial charge in [-0.3, -0.25) is 4.90 Å². The molecule has 1 N–H and O–H groups in total. The Hall–Kier alpha value is -0.0900. The van der Waals surface area contributed by atoms with Crippen LogP contribution in [0.25, 0.3) is 0 Å². The van der Waals surface area contributed by atoms with Gasteiger partial charge >= 0.3 is 0 Å². The highest BCUT2D eigenvalue weighted by molar-refractivity contribution is 9.10. The number of halogens is 2. The first-order chi connectivity index (χ1) is 7.24. The molecule has 0 aromatic heterocycles. The zero-order chi connectivity index (χ0) is 10.7. The molecule has 90 valence electrons. The molecule has 4 heteroatoms. The maximum absolute atomic E-state index is 3.46. The summed E-state index contributed by atoms with van der Waals surface area (Å²) in [4.78, 5) is 2.50. The summed E-state index contributed by atoms with van der Waals surface area (Å²) < 4.78 is 1.15. The van der Waals surface area contributed by atoms with Gasteiger partial charge in [-0.05, 0) is 24.6 Å². The van der Waals surface area contributed by atoms with Crippen molar-refractivity contribution in [2.45, 2.75) is 19.5 Å². The Bertz CT molecular complexity index is 315. The van der Waals surface area contributed by atoms with E-state index in [-0.39, 0.29) is 12.4 Å². The van der Waals surface area contributed by atoms with Crippen molar-refractivity contribution in [2.75, 3.05) is 19.6 Å². The molecular formula is C12H18BrClN2. The van der Waals surface area contributed by atoms with Crippen molar-refractivity contribution in [3.05, 3.63) is 34.3 Å². The summed E-state index contributed by atoms with van der Waals surface area (Å²) in [6, 6.07) is 9.23. The lowest BCUT2D eigenvalue weighted by atomic mass is 10.1. The summed E-state index contributed by atoms with van der Waals surface area (Å²) in [5.41, 5.74) is 1.40. The normalized spacial score (nSPS) is 21.5. The molecule has 1 fully saturated rings. The molecule has 1 aromatic carbocycles. The summed E-state index contributed by atoms with van der Waals surface area (Å²) in [7, 11) is 0. The van der Waals surface area contributed by atoms with Gasteiger partial charge in [-0.25, -0.2) is 0 Å². The van der Waals surface area contributed by atoms with E-state index in [1.807, 2.05) is 0 Å². The first kappa shape index (κ1) is 14.0. The predicted octanol–water partition coefficient (Wildman–Crippen LogP) is 2.66. The molecule has 0 spiro atoms. The molecule has 0 radical (unpaired) electrons. The maximum Gasteiger partial charge on any atom is 0.0234 e. The van der Waals surface area contributed by atoms with Gasteiger partial charge in [0.25, 0.3) is 0 Å². The van der Waals surface area contributed by atoms with Crippen LogP contribution in [0.1, 0.15) is 12.5 Å². The van der Waals surface area contributed by atoms with Crippen molar-refractivity contribution in [1.29, 1.82) is 0 Å². The van der Waals surface area contributed by atoms with E-state index in [1.54, 1.807) is 0 Å². The molecule has 1 aliphatic rings. The summed E-state index contributed by atoms with van der Waals surface area (Å²) >= 11 is 3.46. The highest BCUT2D eigenvalue weighted by Gasteiger charge is 2.15. The van der Waals surface area contributed by atoms with Gasteiger partial charge in [0.05, 0.1) is 0 Å². The highest BCUT2D eigenvalue weighted by Crippen LogP contribution is 2.13. The number of piperazine rings is 1. The number of nitrogens with zero attached hydrogens (tertiary/aromatic N) is 1. The van der Waals surface area contributed by atoms with Gasteiger partial charge in [-0.15, -0.1) is 12.4 Å². The van der Waals surface area contributed by atoms with Crippen LogP contribution in [-0.4, -0.2) is 30.6 Å². The molecule has 0 aliphatic carbocycles. The SMILES string of the molecule is CC1CN(Cc2ccc(Br)cc2)CCN1.Cl. The summed E-state index contributed by atoms with van der Waals surface area (Å²) in [6.07, 6.45) is 0. The van der Waals surface area contributed by atoms with Gasteiger partial charge in [0.2, 0.25) is 0 Å². The molecular weight excluding hydrogens is 288 g/mol. The van der Waals surface area contributed by atoms with Gasteiger partial charge < -0.3 is 5.32 Å². The van der Waals surface area contributed by atoms with Crippen LogP contribution in [0.2, 0.25) is 0 Å². The van der Waals surface area contributed by atoms with Gasteiger partial charge in [-0.1, -0.05) is 28.1 Å².